The van der Waals surface area contributed by atoms with Gasteiger partial charge in [0.2, 0.25) is 16.0 Å². The summed E-state index contributed by atoms with van der Waals surface area (Å²) in [5.74, 6) is 0.405. The molecule has 2 N–H and O–H groups in total. The molecule has 20 heavy (non-hydrogen) atoms. The number of sulfonamides is 1. The van der Waals surface area contributed by atoms with Crippen LogP contribution in [-0.2, 0) is 10.0 Å². The van der Waals surface area contributed by atoms with E-state index in [2.05, 4.69) is 33.9 Å². The van der Waals surface area contributed by atoms with E-state index >= 15 is 0 Å². The van der Waals surface area contributed by atoms with E-state index in [1.165, 1.54) is 12.4 Å². The molecule has 1 aromatic heterocycles. The van der Waals surface area contributed by atoms with E-state index in [1.807, 2.05) is 0 Å². The average molecular weight is 298 g/mol. The van der Waals surface area contributed by atoms with Crippen molar-refractivity contribution in [1.82, 2.24) is 14.7 Å². The molecule has 1 aliphatic rings. The molecule has 1 fully saturated rings. The summed E-state index contributed by atoms with van der Waals surface area (Å²) < 4.78 is 27.6. The van der Waals surface area contributed by atoms with Crippen LogP contribution in [0.15, 0.2) is 17.3 Å². The summed E-state index contributed by atoms with van der Waals surface area (Å²) in [4.78, 5) is 8.01. The zero-order valence-electron chi connectivity index (χ0n) is 12.2. The molecule has 2 rings (SSSR count). The third kappa shape index (κ3) is 3.27. The number of anilines is 1. The maximum atomic E-state index is 12.4. The lowest BCUT2D eigenvalue weighted by Gasteiger charge is -2.38. The van der Waals surface area contributed by atoms with E-state index in [1.54, 1.807) is 7.05 Å². The zero-order valence-corrected chi connectivity index (χ0v) is 13.0. The second kappa shape index (κ2) is 5.65. The van der Waals surface area contributed by atoms with Crippen LogP contribution >= 0.6 is 0 Å². The topological polar surface area (TPSA) is 84.0 Å². The van der Waals surface area contributed by atoms with Gasteiger partial charge in [0.15, 0.2) is 0 Å². The molecule has 1 unspecified atom stereocenters. The lowest BCUT2D eigenvalue weighted by Crippen LogP contribution is -2.46. The monoisotopic (exact) mass is 298 g/mol. The maximum Gasteiger partial charge on any atom is 0.243 e. The quantitative estimate of drug-likeness (QED) is 0.885. The summed E-state index contributed by atoms with van der Waals surface area (Å²) in [5, 5.41) is 2.76. The fourth-order valence-electron chi connectivity index (χ4n) is 2.55. The van der Waals surface area contributed by atoms with Crippen LogP contribution in [0.4, 0.5) is 5.95 Å². The van der Waals surface area contributed by atoms with E-state index in [4.69, 9.17) is 0 Å². The van der Waals surface area contributed by atoms with Crippen LogP contribution in [0.1, 0.15) is 39.5 Å². The molecule has 1 saturated carbocycles. The molecular formula is C13H22N4O2S. The van der Waals surface area contributed by atoms with Gasteiger partial charge in [-0.3, -0.25) is 0 Å². The van der Waals surface area contributed by atoms with Crippen LogP contribution in [0.3, 0.4) is 0 Å². The second-order valence-corrected chi connectivity index (χ2v) is 7.61. The molecular weight excluding hydrogens is 276 g/mol. The summed E-state index contributed by atoms with van der Waals surface area (Å²) in [6.45, 7) is 4.22. The van der Waals surface area contributed by atoms with Crippen LogP contribution in [0, 0.1) is 5.41 Å². The highest BCUT2D eigenvalue weighted by Crippen LogP contribution is 2.36. The smallest absolute Gasteiger partial charge is 0.243 e. The SMILES string of the molecule is CNc1ncc(S(=O)(=O)NC2CCCCC2(C)C)cn1. The lowest BCUT2D eigenvalue weighted by molar-refractivity contribution is 0.188. The van der Waals surface area contributed by atoms with Crippen molar-refractivity contribution in [3.63, 3.8) is 0 Å². The average Bonchev–Trinajstić information content (AvgIpc) is 2.41. The molecule has 0 radical (unpaired) electrons. The summed E-state index contributed by atoms with van der Waals surface area (Å²) in [7, 11) is -1.87. The number of rotatable bonds is 4. The standard InChI is InChI=1S/C13H22N4O2S/c1-13(2)7-5-4-6-11(13)17-20(18,19)10-8-15-12(14-3)16-9-10/h8-9,11,17H,4-7H2,1-3H3,(H,14,15,16). The van der Waals surface area contributed by atoms with Crippen molar-refractivity contribution in [2.24, 2.45) is 5.41 Å². The Morgan fingerprint density at radius 1 is 1.25 bits per heavy atom. The highest BCUT2D eigenvalue weighted by atomic mass is 32.2. The van der Waals surface area contributed by atoms with E-state index in [9.17, 15) is 8.42 Å². The van der Waals surface area contributed by atoms with Crippen molar-refractivity contribution < 1.29 is 8.42 Å². The Morgan fingerprint density at radius 2 is 1.90 bits per heavy atom. The molecule has 1 heterocycles. The van der Waals surface area contributed by atoms with Gasteiger partial charge in [0.1, 0.15) is 4.90 Å². The van der Waals surface area contributed by atoms with E-state index in [-0.39, 0.29) is 16.4 Å². The maximum absolute atomic E-state index is 12.4. The van der Waals surface area contributed by atoms with Gasteiger partial charge in [-0.1, -0.05) is 26.7 Å². The van der Waals surface area contributed by atoms with E-state index in [0.29, 0.717) is 5.95 Å². The largest absolute Gasteiger partial charge is 0.357 e. The third-order valence-corrected chi connectivity index (χ3v) is 5.39. The molecule has 0 saturated heterocycles. The first-order chi connectivity index (χ1) is 9.35. The Kier molecular flexibility index (Phi) is 4.29. The van der Waals surface area contributed by atoms with Crippen LogP contribution in [0.2, 0.25) is 0 Å². The molecule has 0 aliphatic heterocycles. The van der Waals surface area contributed by atoms with Gasteiger partial charge in [0.25, 0.3) is 0 Å². The third-order valence-electron chi connectivity index (χ3n) is 3.97. The van der Waals surface area contributed by atoms with Crippen LogP contribution in [0.25, 0.3) is 0 Å². The highest BCUT2D eigenvalue weighted by molar-refractivity contribution is 7.89. The van der Waals surface area contributed by atoms with Gasteiger partial charge in [-0.25, -0.2) is 23.1 Å². The van der Waals surface area contributed by atoms with Gasteiger partial charge >= 0.3 is 0 Å². The molecule has 1 aliphatic carbocycles. The first-order valence-electron chi connectivity index (χ1n) is 6.87. The van der Waals surface area contributed by atoms with Gasteiger partial charge in [-0.15, -0.1) is 0 Å². The summed E-state index contributed by atoms with van der Waals surface area (Å²) in [5.41, 5.74) is -0.0168. The predicted molar refractivity (Wildman–Crippen MR) is 77.9 cm³/mol. The highest BCUT2D eigenvalue weighted by Gasteiger charge is 2.35. The molecule has 0 bridgehead atoms. The molecule has 1 aromatic rings. The Balaban J connectivity index is 2.17. The summed E-state index contributed by atoms with van der Waals surface area (Å²) in [6, 6.07) is -0.0368. The van der Waals surface area contributed by atoms with E-state index in [0.717, 1.165) is 25.7 Å². The molecule has 0 amide bonds. The van der Waals surface area contributed by atoms with Gasteiger partial charge in [0, 0.05) is 13.1 Å². The van der Waals surface area contributed by atoms with Gasteiger partial charge in [-0.2, -0.15) is 0 Å². The van der Waals surface area contributed by atoms with Crippen molar-refractivity contribution >= 4 is 16.0 Å². The van der Waals surface area contributed by atoms with Crippen molar-refractivity contribution in [2.75, 3.05) is 12.4 Å². The Labute approximate surface area is 120 Å². The lowest BCUT2D eigenvalue weighted by atomic mass is 9.74. The van der Waals surface area contributed by atoms with Crippen molar-refractivity contribution in [1.29, 1.82) is 0 Å². The van der Waals surface area contributed by atoms with Crippen molar-refractivity contribution in [2.45, 2.75) is 50.5 Å². The fraction of sp³-hybridized carbons (Fsp3) is 0.692. The number of nitrogens with one attached hydrogen (secondary N) is 2. The molecule has 1 atom stereocenters. The summed E-state index contributed by atoms with van der Waals surface area (Å²) >= 11 is 0. The molecule has 0 aromatic carbocycles. The Morgan fingerprint density at radius 3 is 2.45 bits per heavy atom. The van der Waals surface area contributed by atoms with Crippen LogP contribution in [-0.4, -0.2) is 31.5 Å². The van der Waals surface area contributed by atoms with Gasteiger partial charge in [0.05, 0.1) is 12.4 Å². The van der Waals surface area contributed by atoms with Crippen LogP contribution in [0.5, 0.6) is 0 Å². The molecule has 7 heteroatoms. The molecule has 112 valence electrons. The van der Waals surface area contributed by atoms with Gasteiger partial charge < -0.3 is 5.32 Å². The summed E-state index contributed by atoms with van der Waals surface area (Å²) in [6.07, 6.45) is 6.79. The van der Waals surface area contributed by atoms with Crippen molar-refractivity contribution in [3.8, 4) is 0 Å². The number of nitrogens with zero attached hydrogens (tertiary/aromatic N) is 2. The first kappa shape index (κ1) is 15.2. The fourth-order valence-corrected chi connectivity index (χ4v) is 3.88. The number of hydrogen-bond donors (Lipinski definition) is 2. The van der Waals surface area contributed by atoms with Crippen molar-refractivity contribution in [3.05, 3.63) is 12.4 Å². The van der Waals surface area contributed by atoms with Crippen LogP contribution < -0.4 is 10.0 Å². The number of aromatic nitrogens is 2. The minimum atomic E-state index is -3.56. The zero-order chi connectivity index (χ0) is 14.8. The first-order valence-corrected chi connectivity index (χ1v) is 8.35. The normalized spacial score (nSPS) is 22.4. The predicted octanol–water partition coefficient (Wildman–Crippen LogP) is 1.77. The minimum Gasteiger partial charge on any atom is -0.357 e. The molecule has 0 spiro atoms. The van der Waals surface area contributed by atoms with E-state index < -0.39 is 10.0 Å². The second-order valence-electron chi connectivity index (χ2n) is 5.90. The van der Waals surface area contributed by atoms with Gasteiger partial charge in [-0.05, 0) is 18.3 Å². The Hall–Kier alpha value is -1.21. The molecule has 6 nitrogen and oxygen atoms in total. The Bertz CT molecular complexity index is 554. The minimum absolute atomic E-state index is 0.0168. The number of hydrogen-bond acceptors (Lipinski definition) is 5.